The summed E-state index contributed by atoms with van der Waals surface area (Å²) in [4.78, 5) is 2.22. The molecule has 1 aromatic rings. The van der Waals surface area contributed by atoms with E-state index in [2.05, 4.69) is 45.5 Å². The molecule has 1 aromatic carbocycles. The van der Waals surface area contributed by atoms with Crippen LogP contribution in [0.5, 0.6) is 0 Å². The topological polar surface area (TPSA) is 96.3 Å². The van der Waals surface area contributed by atoms with Crippen molar-refractivity contribution in [3.63, 3.8) is 0 Å². The van der Waals surface area contributed by atoms with Gasteiger partial charge in [0.1, 0.15) is 0 Å². The molecule has 7 nitrogen and oxygen atoms in total. The van der Waals surface area contributed by atoms with Crippen molar-refractivity contribution in [1.82, 2.24) is 0 Å². The van der Waals surface area contributed by atoms with Gasteiger partial charge < -0.3 is 0 Å². The van der Waals surface area contributed by atoms with Gasteiger partial charge in [-0.15, -0.1) is 0 Å². The molecule has 10 heteroatoms. The Hall–Kier alpha value is -0.282. The van der Waals surface area contributed by atoms with Crippen molar-refractivity contribution >= 4 is 46.9 Å². The van der Waals surface area contributed by atoms with Crippen molar-refractivity contribution in [2.75, 3.05) is 29.5 Å². The molecule has 136 valence electrons. The number of nitrogens with zero attached hydrogens (tertiary/aromatic N) is 1. The number of anilines is 1. The maximum atomic E-state index is 11.0. The van der Waals surface area contributed by atoms with E-state index in [0.717, 1.165) is 42.4 Å². The Labute approximate surface area is 151 Å². The first kappa shape index (κ1) is 20.0. The van der Waals surface area contributed by atoms with Gasteiger partial charge in [0.2, 0.25) is 0 Å². The summed E-state index contributed by atoms with van der Waals surface area (Å²) in [6.45, 7) is 3.78. The molecule has 1 heterocycles. The zero-order valence-corrected chi connectivity index (χ0v) is 16.9. The number of rotatable bonds is 11. The van der Waals surface area contributed by atoms with Crippen LogP contribution in [-0.4, -0.2) is 57.5 Å². The summed E-state index contributed by atoms with van der Waals surface area (Å²) in [6.07, 6.45) is 1.01. The van der Waals surface area contributed by atoms with E-state index in [9.17, 15) is 8.42 Å². The molecule has 0 amide bonds. The zero-order valence-electron chi connectivity index (χ0n) is 13.4. The molecule has 0 spiro atoms. The van der Waals surface area contributed by atoms with Gasteiger partial charge in [-0.05, 0) is 0 Å². The van der Waals surface area contributed by atoms with Crippen LogP contribution in [0.2, 0.25) is 9.91 Å². The van der Waals surface area contributed by atoms with Crippen molar-refractivity contribution in [3.8, 4) is 0 Å². The summed E-state index contributed by atoms with van der Waals surface area (Å²) in [5.41, 5.74) is 1.10. The Balaban J connectivity index is 1.92. The molecule has 0 aliphatic carbocycles. The van der Waals surface area contributed by atoms with E-state index < -0.39 is 24.8 Å². The van der Waals surface area contributed by atoms with Crippen LogP contribution in [0.3, 0.4) is 0 Å². The van der Waals surface area contributed by atoms with E-state index in [1.807, 2.05) is 0 Å². The molecule has 24 heavy (non-hydrogen) atoms. The van der Waals surface area contributed by atoms with E-state index in [0.29, 0.717) is 5.75 Å². The first-order chi connectivity index (χ1) is 11.4. The SMILES string of the molecule is CCCN(CCSOOO)c1ccc([As]2CC2CS(=O)(=O)O)cc1. The van der Waals surface area contributed by atoms with Gasteiger partial charge in [-0.25, -0.2) is 0 Å². The van der Waals surface area contributed by atoms with Gasteiger partial charge in [0, 0.05) is 0 Å². The third-order valence-corrected chi connectivity index (χ3v) is 10.9. The second-order valence-electron chi connectivity index (χ2n) is 5.52. The van der Waals surface area contributed by atoms with Gasteiger partial charge in [-0.2, -0.15) is 0 Å². The number of hydrogen-bond acceptors (Lipinski definition) is 7. The van der Waals surface area contributed by atoms with Gasteiger partial charge in [0.25, 0.3) is 0 Å². The van der Waals surface area contributed by atoms with E-state index in [-0.39, 0.29) is 10.5 Å². The Bertz CT molecular complexity index is 612. The van der Waals surface area contributed by atoms with Gasteiger partial charge in [-0.3, -0.25) is 0 Å². The Morgan fingerprint density at radius 2 is 2.04 bits per heavy atom. The third-order valence-electron chi connectivity index (χ3n) is 3.68. The molecule has 1 aliphatic heterocycles. The summed E-state index contributed by atoms with van der Waals surface area (Å²) >= 11 is -0.253. The fraction of sp³-hybridized carbons (Fsp3) is 0.571. The normalized spacial score (nSPS) is 20.1. The minimum absolute atomic E-state index is 0.0964. The number of hydrogen-bond donors (Lipinski definition) is 2. The fourth-order valence-electron chi connectivity index (χ4n) is 2.58. The van der Waals surface area contributed by atoms with Crippen LogP contribution in [0, 0.1) is 0 Å². The van der Waals surface area contributed by atoms with Gasteiger partial charge in [0.15, 0.2) is 0 Å². The van der Waals surface area contributed by atoms with Crippen LogP contribution in [0.1, 0.15) is 13.3 Å². The van der Waals surface area contributed by atoms with E-state index in [1.54, 1.807) is 0 Å². The summed E-state index contributed by atoms with van der Waals surface area (Å²) in [5, 5.41) is 12.6. The average Bonchev–Trinajstić information content (AvgIpc) is 3.27. The maximum absolute atomic E-state index is 11.0. The van der Waals surface area contributed by atoms with E-state index >= 15 is 0 Å². The van der Waals surface area contributed by atoms with Gasteiger partial charge in [0.05, 0.1) is 0 Å². The van der Waals surface area contributed by atoms with Crippen molar-refractivity contribution in [3.05, 3.63) is 24.3 Å². The molecule has 0 saturated carbocycles. The van der Waals surface area contributed by atoms with Crippen LogP contribution in [0.15, 0.2) is 24.3 Å². The van der Waals surface area contributed by atoms with Crippen LogP contribution in [0.4, 0.5) is 5.69 Å². The van der Waals surface area contributed by atoms with E-state index in [4.69, 9.17) is 9.81 Å². The second-order valence-corrected chi connectivity index (χ2v) is 13.2. The first-order valence-corrected chi connectivity index (χ1v) is 13.5. The molecule has 0 aromatic heterocycles. The Kier molecular flexibility index (Phi) is 7.87. The molecule has 2 atom stereocenters. The van der Waals surface area contributed by atoms with Crippen LogP contribution >= 0.6 is 12.0 Å². The van der Waals surface area contributed by atoms with Crippen LogP contribution in [-0.2, 0) is 19.5 Å². The second kappa shape index (κ2) is 9.43. The predicted octanol–water partition coefficient (Wildman–Crippen LogP) is 1.95. The minimum atomic E-state index is -3.86. The molecule has 2 N–H and O–H groups in total. The molecule has 1 fully saturated rings. The molecular weight excluding hydrogens is 417 g/mol. The van der Waals surface area contributed by atoms with Gasteiger partial charge >= 0.3 is 151 Å². The molecular formula is C14H22AsNO6S2. The molecule has 2 unspecified atom stereocenters. The molecule has 0 radical (unpaired) electrons. The van der Waals surface area contributed by atoms with E-state index in [1.165, 1.54) is 4.35 Å². The predicted molar refractivity (Wildman–Crippen MR) is 96.6 cm³/mol. The zero-order chi connectivity index (χ0) is 17.6. The van der Waals surface area contributed by atoms with Crippen molar-refractivity contribution in [2.24, 2.45) is 0 Å². The third kappa shape index (κ3) is 6.55. The standard InChI is InChI=1S/C14H22AsNO6S2/c1-2-7-16(8-9-23-22-21-17)14-5-3-12(4-6-14)15-10-13(15)11-24(18,19)20/h3-6,13,17H,2,7-11H2,1H3,(H,18,19,20). The Morgan fingerprint density at radius 3 is 2.62 bits per heavy atom. The van der Waals surface area contributed by atoms with Crippen LogP contribution < -0.4 is 9.25 Å². The quantitative estimate of drug-likeness (QED) is 0.135. The summed E-state index contributed by atoms with van der Waals surface area (Å²) < 4.78 is 36.7. The van der Waals surface area contributed by atoms with Crippen molar-refractivity contribution in [2.45, 2.75) is 23.3 Å². The summed E-state index contributed by atoms with van der Waals surface area (Å²) in [5.74, 6) is 0.553. The summed E-state index contributed by atoms with van der Waals surface area (Å²) in [7, 11) is -3.86. The monoisotopic (exact) mass is 439 g/mol. The Morgan fingerprint density at radius 1 is 1.33 bits per heavy atom. The molecule has 1 saturated heterocycles. The van der Waals surface area contributed by atoms with Crippen molar-refractivity contribution in [1.29, 1.82) is 0 Å². The number of benzene rings is 1. The summed E-state index contributed by atoms with van der Waals surface area (Å²) in [6, 6.07) is 8.30. The van der Waals surface area contributed by atoms with Crippen LogP contribution in [0.25, 0.3) is 0 Å². The first-order valence-electron chi connectivity index (χ1n) is 7.61. The van der Waals surface area contributed by atoms with Gasteiger partial charge in [-0.1, -0.05) is 0 Å². The molecule has 0 bridgehead atoms. The van der Waals surface area contributed by atoms with Crippen molar-refractivity contribution < 1.29 is 27.6 Å². The average molecular weight is 439 g/mol. The molecule has 2 rings (SSSR count). The molecule has 1 aliphatic rings. The fourth-order valence-corrected chi connectivity index (χ4v) is 10.8.